The maximum atomic E-state index is 13.4. The number of carbonyl (C=O) groups excluding carboxylic acids is 2. The van der Waals surface area contributed by atoms with E-state index in [1.54, 1.807) is 0 Å². The molecule has 0 aromatic heterocycles. The maximum Gasteiger partial charge on any atom is 0.408 e. The lowest BCUT2D eigenvalue weighted by molar-refractivity contribution is -0.125. The molecule has 2 atom stereocenters. The second-order valence-corrected chi connectivity index (χ2v) is 14.6. The molecule has 7 heteroatoms. The van der Waals surface area contributed by atoms with E-state index in [2.05, 4.69) is 79.7 Å². The molecule has 2 aromatic carbocycles. The number of rotatable bonds is 9. The summed E-state index contributed by atoms with van der Waals surface area (Å²) in [5, 5.41) is 8.69. The highest BCUT2D eigenvalue weighted by atomic mass is 127. The van der Waals surface area contributed by atoms with Crippen molar-refractivity contribution in [2.24, 2.45) is 11.8 Å². The van der Waals surface area contributed by atoms with Crippen molar-refractivity contribution in [1.29, 1.82) is 0 Å². The van der Waals surface area contributed by atoms with E-state index in [4.69, 9.17) is 4.74 Å². The second kappa shape index (κ2) is 13.6. The fraction of sp³-hybridized carbons (Fsp3) is 0.500. The van der Waals surface area contributed by atoms with Crippen molar-refractivity contribution in [3.8, 4) is 0 Å². The number of carbonyl (C=O) groups is 2. The molecular weight excluding hydrogens is 570 g/mol. The zero-order valence-electron chi connectivity index (χ0n) is 22.3. The molecule has 2 aromatic rings. The van der Waals surface area contributed by atoms with E-state index in [1.807, 2.05) is 46.8 Å². The highest BCUT2D eigenvalue weighted by Crippen LogP contribution is 2.53. The van der Waals surface area contributed by atoms with Gasteiger partial charge in [-0.15, -0.1) is 0 Å². The highest BCUT2D eigenvalue weighted by Gasteiger charge is 2.41. The Bertz CT molecular complexity index is 891. The summed E-state index contributed by atoms with van der Waals surface area (Å²) >= 11 is 0. The van der Waals surface area contributed by atoms with E-state index in [9.17, 15) is 9.59 Å². The van der Waals surface area contributed by atoms with Crippen molar-refractivity contribution < 1.29 is 38.3 Å². The van der Waals surface area contributed by atoms with Gasteiger partial charge in [0.05, 0.1) is 36.7 Å². The number of halogens is 1. The van der Waals surface area contributed by atoms with E-state index >= 15 is 0 Å². The van der Waals surface area contributed by atoms with Crippen LogP contribution in [0.1, 0.15) is 48.5 Å². The van der Waals surface area contributed by atoms with Crippen LogP contribution in [0, 0.1) is 11.8 Å². The Morgan fingerprint density at radius 2 is 1.29 bits per heavy atom. The summed E-state index contributed by atoms with van der Waals surface area (Å²) in [5.41, 5.74) is -0.625. The van der Waals surface area contributed by atoms with Crippen LogP contribution in [0.3, 0.4) is 0 Å². The first-order chi connectivity index (χ1) is 15.8. The minimum atomic E-state index is -1.78. The van der Waals surface area contributed by atoms with Gasteiger partial charge in [0.2, 0.25) is 5.91 Å². The Hall–Kier alpha value is -1.66. The number of hydrogen-bond acceptors (Lipinski definition) is 3. The van der Waals surface area contributed by atoms with Gasteiger partial charge in [0.15, 0.2) is 0 Å². The molecule has 35 heavy (non-hydrogen) atoms. The van der Waals surface area contributed by atoms with Gasteiger partial charge in [-0.1, -0.05) is 64.1 Å². The number of amides is 2. The molecule has 0 fully saturated rings. The lowest BCUT2D eigenvalue weighted by atomic mass is 10.0. The molecule has 0 saturated carbocycles. The summed E-state index contributed by atoms with van der Waals surface area (Å²) < 4.78 is 5.39. The minimum absolute atomic E-state index is 0. The third-order valence-electron chi connectivity index (χ3n) is 5.97. The minimum Gasteiger partial charge on any atom is -1.00 e. The Kier molecular flexibility index (Phi) is 12.2. The van der Waals surface area contributed by atoms with Crippen LogP contribution in [0.2, 0.25) is 0 Å². The number of alkyl carbamates (subject to hydrolysis) is 1. The molecular formula is C28H42IN2O3P. The number of benzene rings is 2. The third-order valence-corrected chi connectivity index (χ3v) is 9.97. The van der Waals surface area contributed by atoms with Gasteiger partial charge < -0.3 is 39.3 Å². The molecule has 2 rings (SSSR count). The van der Waals surface area contributed by atoms with Crippen molar-refractivity contribution >= 4 is 29.9 Å². The van der Waals surface area contributed by atoms with Gasteiger partial charge in [-0.2, -0.15) is 0 Å². The number of hydrogen-bond donors (Lipinski definition) is 2. The summed E-state index contributed by atoms with van der Waals surface area (Å²) in [6, 6.07) is 20.5. The smallest absolute Gasteiger partial charge is 0.408 e. The van der Waals surface area contributed by atoms with E-state index < -0.39 is 25.0 Å². The lowest BCUT2D eigenvalue weighted by Crippen LogP contribution is -3.00. The molecule has 0 aliphatic rings. The summed E-state index contributed by atoms with van der Waals surface area (Å²) in [5.74, 6) is -0.0259. The fourth-order valence-corrected chi connectivity index (χ4v) is 7.61. The van der Waals surface area contributed by atoms with Crippen LogP contribution in [0.15, 0.2) is 60.7 Å². The van der Waals surface area contributed by atoms with E-state index in [0.717, 1.165) is 6.16 Å². The van der Waals surface area contributed by atoms with Crippen molar-refractivity contribution in [2.75, 3.05) is 12.8 Å². The van der Waals surface area contributed by atoms with Crippen LogP contribution < -0.4 is 45.2 Å². The molecule has 0 bridgehead atoms. The molecule has 2 amide bonds. The van der Waals surface area contributed by atoms with Gasteiger partial charge in [0, 0.05) is 0 Å². The molecule has 2 N–H and O–H groups in total. The summed E-state index contributed by atoms with van der Waals surface area (Å²) in [6.45, 7) is 15.9. The van der Waals surface area contributed by atoms with Crippen molar-refractivity contribution in [2.45, 2.75) is 66.2 Å². The Morgan fingerprint density at radius 3 is 1.66 bits per heavy atom. The largest absolute Gasteiger partial charge is 1.00 e. The third kappa shape index (κ3) is 9.38. The summed E-state index contributed by atoms with van der Waals surface area (Å²) in [7, 11) is -1.78. The SMILES string of the molecule is CC(C)C(NC(=O)OC(C)(C)C)C(=O)N[C@H](C[P+](C)(c1ccccc1)c1ccccc1)C(C)C.[I-]. The van der Waals surface area contributed by atoms with Crippen LogP contribution in [0.4, 0.5) is 4.79 Å². The van der Waals surface area contributed by atoms with E-state index in [-0.39, 0.29) is 47.8 Å². The fourth-order valence-electron chi connectivity index (χ4n) is 3.93. The zero-order chi connectivity index (χ0) is 25.5. The first kappa shape index (κ1) is 31.4. The van der Waals surface area contributed by atoms with Crippen molar-refractivity contribution in [3.05, 3.63) is 60.7 Å². The molecule has 0 aliphatic carbocycles. The predicted octanol–water partition coefficient (Wildman–Crippen LogP) is 1.98. The molecule has 0 spiro atoms. The average molecular weight is 613 g/mol. The lowest BCUT2D eigenvalue weighted by Gasteiger charge is -2.32. The second-order valence-electron chi connectivity index (χ2n) is 10.8. The normalized spacial score (nSPS) is 13.5. The van der Waals surface area contributed by atoms with Crippen molar-refractivity contribution in [1.82, 2.24) is 10.6 Å². The topological polar surface area (TPSA) is 67.4 Å². The van der Waals surface area contributed by atoms with Crippen LogP contribution in [0.25, 0.3) is 0 Å². The predicted molar refractivity (Wildman–Crippen MR) is 145 cm³/mol. The van der Waals surface area contributed by atoms with Crippen LogP contribution >= 0.6 is 7.26 Å². The first-order valence-corrected chi connectivity index (χ1v) is 14.5. The van der Waals surface area contributed by atoms with Gasteiger partial charge in [-0.05, 0) is 56.9 Å². The number of nitrogens with one attached hydrogen (secondary N) is 2. The standard InChI is InChI=1S/C28H41N2O3P.HI/c1-20(2)24(29-26(31)25(21(3)4)30-27(32)33-28(5,6)7)19-34(8,22-15-11-9-12-16-22)23-17-13-10-14-18-23;/h9-18,20-21,24-25H,19H2,1-8H3,(H-,29,30,31,32);1H/t24-,25?;/m1./s1. The van der Waals surface area contributed by atoms with Gasteiger partial charge in [-0.3, -0.25) is 4.79 Å². The van der Waals surface area contributed by atoms with Gasteiger partial charge in [0.1, 0.15) is 11.6 Å². The molecule has 0 heterocycles. The van der Waals surface area contributed by atoms with E-state index in [0.29, 0.717) is 0 Å². The molecule has 5 nitrogen and oxygen atoms in total. The van der Waals surface area contributed by atoms with Crippen LogP contribution in [-0.2, 0) is 9.53 Å². The molecule has 0 saturated heterocycles. The Labute approximate surface area is 229 Å². The van der Waals surface area contributed by atoms with E-state index in [1.165, 1.54) is 10.6 Å². The Morgan fingerprint density at radius 1 is 0.829 bits per heavy atom. The molecule has 0 aliphatic heterocycles. The van der Waals surface area contributed by atoms with Gasteiger partial charge >= 0.3 is 6.09 Å². The summed E-state index contributed by atoms with van der Waals surface area (Å²) in [4.78, 5) is 25.8. The van der Waals surface area contributed by atoms with Crippen LogP contribution in [-0.4, -0.2) is 42.5 Å². The average Bonchev–Trinajstić information content (AvgIpc) is 2.76. The maximum absolute atomic E-state index is 13.4. The van der Waals surface area contributed by atoms with Crippen LogP contribution in [0.5, 0.6) is 0 Å². The summed E-state index contributed by atoms with van der Waals surface area (Å²) in [6.07, 6.45) is 0.259. The van der Waals surface area contributed by atoms with Gasteiger partial charge in [-0.25, -0.2) is 4.79 Å². The highest BCUT2D eigenvalue weighted by molar-refractivity contribution is 7.89. The number of ether oxygens (including phenoxy) is 1. The zero-order valence-corrected chi connectivity index (χ0v) is 25.4. The molecule has 1 unspecified atom stereocenters. The Balaban J connectivity index is 0.00000612. The van der Waals surface area contributed by atoms with Gasteiger partial charge in [0.25, 0.3) is 0 Å². The monoisotopic (exact) mass is 612 g/mol. The van der Waals surface area contributed by atoms with Crippen molar-refractivity contribution in [3.63, 3.8) is 0 Å². The molecule has 194 valence electrons. The molecule has 0 radical (unpaired) electrons. The quantitative estimate of drug-likeness (QED) is 0.337. The first-order valence-electron chi connectivity index (χ1n) is 12.1.